The van der Waals surface area contributed by atoms with Crippen molar-refractivity contribution in [2.24, 2.45) is 0 Å². The summed E-state index contributed by atoms with van der Waals surface area (Å²) in [7, 11) is 0. The third kappa shape index (κ3) is 2.01. The van der Waals surface area contributed by atoms with E-state index in [1.165, 1.54) is 30.6 Å². The van der Waals surface area contributed by atoms with Crippen LogP contribution in [0, 0.1) is 0 Å². The predicted octanol–water partition coefficient (Wildman–Crippen LogP) is 3.58. The van der Waals surface area contributed by atoms with E-state index in [0.29, 0.717) is 5.92 Å². The van der Waals surface area contributed by atoms with E-state index < -0.39 is 0 Å². The Morgan fingerprint density at radius 2 is 2.13 bits per heavy atom. The van der Waals surface area contributed by atoms with Crippen LogP contribution in [0.15, 0.2) is 18.2 Å². The first-order valence-electron chi connectivity index (χ1n) is 6.10. The lowest BCUT2D eigenvalue weighted by atomic mass is 9.95. The molecule has 0 N–H and O–H groups in total. The minimum absolute atomic E-state index is 0.646. The second-order valence-corrected chi connectivity index (χ2v) is 4.73. The van der Waals surface area contributed by atoms with Gasteiger partial charge in [-0.3, -0.25) is 0 Å². The second kappa shape index (κ2) is 4.26. The van der Waals surface area contributed by atoms with Gasteiger partial charge in [0.15, 0.2) is 0 Å². The fourth-order valence-electron chi connectivity index (χ4n) is 2.38. The highest BCUT2D eigenvalue weighted by Crippen LogP contribution is 2.29. The lowest BCUT2D eigenvalue weighted by Gasteiger charge is -2.30. The molecule has 15 heavy (non-hydrogen) atoms. The molecule has 0 atom stereocenters. The van der Waals surface area contributed by atoms with Crippen LogP contribution in [0.1, 0.15) is 44.2 Å². The van der Waals surface area contributed by atoms with E-state index in [1.807, 2.05) is 0 Å². The zero-order valence-corrected chi connectivity index (χ0v) is 10.1. The maximum Gasteiger partial charge on any atom is 0.0398 e. The molecule has 1 nitrogen and oxygen atoms in total. The molecule has 1 heteroatoms. The van der Waals surface area contributed by atoms with Gasteiger partial charge in [-0.25, -0.2) is 0 Å². The molecule has 0 unspecified atom stereocenters. The van der Waals surface area contributed by atoms with Gasteiger partial charge in [0, 0.05) is 18.8 Å². The molecule has 2 rings (SSSR count). The quantitative estimate of drug-likeness (QED) is 0.710. The van der Waals surface area contributed by atoms with Crippen molar-refractivity contribution in [3.63, 3.8) is 0 Å². The van der Waals surface area contributed by atoms with E-state index >= 15 is 0 Å². The van der Waals surface area contributed by atoms with Gasteiger partial charge >= 0.3 is 0 Å². The number of fused-ring (bicyclic) bond motifs is 1. The van der Waals surface area contributed by atoms with E-state index in [1.54, 1.807) is 5.56 Å². The Hall–Kier alpha value is -0.980. The molecule has 0 saturated heterocycles. The molecule has 0 bridgehead atoms. The van der Waals surface area contributed by atoms with E-state index in [9.17, 15) is 0 Å². The molecule has 1 aromatic carbocycles. The highest BCUT2D eigenvalue weighted by molar-refractivity contribution is 5.57. The molecule has 1 aliphatic heterocycles. The summed E-state index contributed by atoms with van der Waals surface area (Å²) >= 11 is 0. The molecule has 0 saturated carbocycles. The number of aryl methyl sites for hydroxylation is 1. The van der Waals surface area contributed by atoms with Gasteiger partial charge in [-0.2, -0.15) is 0 Å². The first kappa shape index (κ1) is 10.5. The molecule has 0 spiro atoms. The zero-order chi connectivity index (χ0) is 10.8. The topological polar surface area (TPSA) is 3.24 Å². The van der Waals surface area contributed by atoms with Gasteiger partial charge in [0.05, 0.1) is 0 Å². The average molecular weight is 203 g/mol. The number of hydrogen-bond donors (Lipinski definition) is 0. The van der Waals surface area contributed by atoms with Gasteiger partial charge in [0.2, 0.25) is 0 Å². The van der Waals surface area contributed by atoms with Gasteiger partial charge in [0.25, 0.3) is 0 Å². The first-order chi connectivity index (χ1) is 7.22. The maximum atomic E-state index is 2.49. The molecule has 82 valence electrons. The average Bonchev–Trinajstić information content (AvgIpc) is 2.27. The van der Waals surface area contributed by atoms with Gasteiger partial charge in [0.1, 0.15) is 0 Å². The van der Waals surface area contributed by atoms with Crippen molar-refractivity contribution in [2.45, 2.75) is 39.5 Å². The molecule has 1 aliphatic rings. The highest BCUT2D eigenvalue weighted by Gasteiger charge is 2.15. The summed E-state index contributed by atoms with van der Waals surface area (Å²) in [6, 6.07) is 7.01. The van der Waals surface area contributed by atoms with Gasteiger partial charge in [-0.1, -0.05) is 26.0 Å². The fourth-order valence-corrected chi connectivity index (χ4v) is 2.38. The standard InChI is InChI=1S/C14H21N/c1-4-15-9-5-6-13-10-12(11(2)3)7-8-14(13)15/h7-8,10-11H,4-6,9H2,1-3H3. The largest absolute Gasteiger partial charge is 0.372 e. The summed E-state index contributed by atoms with van der Waals surface area (Å²) in [6.07, 6.45) is 2.56. The monoisotopic (exact) mass is 203 g/mol. The molecule has 0 aliphatic carbocycles. The summed E-state index contributed by atoms with van der Waals surface area (Å²) in [4.78, 5) is 2.49. The van der Waals surface area contributed by atoms with Crippen LogP contribution in [-0.2, 0) is 6.42 Å². The van der Waals surface area contributed by atoms with E-state index in [0.717, 1.165) is 6.54 Å². The van der Waals surface area contributed by atoms with Crippen molar-refractivity contribution in [3.05, 3.63) is 29.3 Å². The third-order valence-corrected chi connectivity index (χ3v) is 3.37. The third-order valence-electron chi connectivity index (χ3n) is 3.37. The number of benzene rings is 1. The number of rotatable bonds is 2. The van der Waals surface area contributed by atoms with Crippen LogP contribution in [0.2, 0.25) is 0 Å². The molecule has 0 amide bonds. The minimum Gasteiger partial charge on any atom is -0.372 e. The van der Waals surface area contributed by atoms with Gasteiger partial charge < -0.3 is 4.90 Å². The van der Waals surface area contributed by atoms with Crippen LogP contribution >= 0.6 is 0 Å². The van der Waals surface area contributed by atoms with Crippen molar-refractivity contribution >= 4 is 5.69 Å². The molecule has 1 aromatic rings. The van der Waals surface area contributed by atoms with Crippen LogP contribution < -0.4 is 4.90 Å². The van der Waals surface area contributed by atoms with Crippen molar-refractivity contribution in [2.75, 3.05) is 18.0 Å². The van der Waals surface area contributed by atoms with E-state index in [2.05, 4.69) is 43.9 Å². The van der Waals surface area contributed by atoms with Crippen LogP contribution in [0.5, 0.6) is 0 Å². The van der Waals surface area contributed by atoms with E-state index in [4.69, 9.17) is 0 Å². The minimum atomic E-state index is 0.646. The van der Waals surface area contributed by atoms with Crippen LogP contribution in [0.25, 0.3) is 0 Å². The Bertz CT molecular complexity index is 341. The number of anilines is 1. The van der Waals surface area contributed by atoms with E-state index in [-0.39, 0.29) is 0 Å². The summed E-state index contributed by atoms with van der Waals surface area (Å²) < 4.78 is 0. The summed E-state index contributed by atoms with van der Waals surface area (Å²) in [5.74, 6) is 0.646. The molecule has 0 aromatic heterocycles. The highest BCUT2D eigenvalue weighted by atomic mass is 15.1. The summed E-state index contributed by atoms with van der Waals surface area (Å²) in [6.45, 7) is 9.13. The Morgan fingerprint density at radius 3 is 2.80 bits per heavy atom. The predicted molar refractivity (Wildman–Crippen MR) is 66.7 cm³/mol. The summed E-state index contributed by atoms with van der Waals surface area (Å²) in [5.41, 5.74) is 4.49. The normalized spacial score (nSPS) is 15.6. The summed E-state index contributed by atoms with van der Waals surface area (Å²) in [5, 5.41) is 0. The molecule has 0 radical (unpaired) electrons. The zero-order valence-electron chi connectivity index (χ0n) is 10.1. The lowest BCUT2D eigenvalue weighted by molar-refractivity contribution is 0.705. The van der Waals surface area contributed by atoms with Gasteiger partial charge in [-0.05, 0) is 42.9 Å². The maximum absolute atomic E-state index is 2.49. The fraction of sp³-hybridized carbons (Fsp3) is 0.571. The molecule has 0 fully saturated rings. The Kier molecular flexibility index (Phi) is 2.99. The lowest BCUT2D eigenvalue weighted by Crippen LogP contribution is -2.28. The Morgan fingerprint density at radius 1 is 1.33 bits per heavy atom. The van der Waals surface area contributed by atoms with Crippen molar-refractivity contribution in [1.29, 1.82) is 0 Å². The van der Waals surface area contributed by atoms with Gasteiger partial charge in [-0.15, -0.1) is 0 Å². The first-order valence-corrected chi connectivity index (χ1v) is 6.10. The van der Waals surface area contributed by atoms with Crippen molar-refractivity contribution in [1.82, 2.24) is 0 Å². The molecular weight excluding hydrogens is 182 g/mol. The molecular formula is C14H21N. The SMILES string of the molecule is CCN1CCCc2cc(C(C)C)ccc21. The Labute approximate surface area is 93.1 Å². The number of hydrogen-bond acceptors (Lipinski definition) is 1. The van der Waals surface area contributed by atoms with Crippen molar-refractivity contribution < 1.29 is 0 Å². The van der Waals surface area contributed by atoms with Crippen LogP contribution in [0.3, 0.4) is 0 Å². The number of nitrogens with zero attached hydrogens (tertiary/aromatic N) is 1. The van der Waals surface area contributed by atoms with Crippen molar-refractivity contribution in [3.8, 4) is 0 Å². The van der Waals surface area contributed by atoms with Crippen LogP contribution in [0.4, 0.5) is 5.69 Å². The smallest absolute Gasteiger partial charge is 0.0398 e. The van der Waals surface area contributed by atoms with Crippen LogP contribution in [-0.4, -0.2) is 13.1 Å². The Balaban J connectivity index is 2.36. The second-order valence-electron chi connectivity index (χ2n) is 4.73. The molecule has 1 heterocycles.